The molecule has 0 amide bonds. The third-order valence-corrected chi connectivity index (χ3v) is 1.22. The zero-order chi connectivity index (χ0) is 7.49. The minimum atomic E-state index is -3.21. The summed E-state index contributed by atoms with van der Waals surface area (Å²) in [4.78, 5) is 10.2. The van der Waals surface area contributed by atoms with Crippen LogP contribution in [0, 0.1) is 0 Å². The smallest absolute Gasteiger partial charge is 0.326 e. The Bertz CT molecular complexity index is 109. The topological polar surface area (TPSA) is 92.8 Å². The Morgan fingerprint density at radius 2 is 2.22 bits per heavy atom. The van der Waals surface area contributed by atoms with Crippen molar-refractivity contribution < 1.29 is 18.6 Å². The molecular weight excluding hydrogens is 146 g/mol. The van der Waals surface area contributed by atoms with Gasteiger partial charge in [-0.25, -0.2) is 5.14 Å². The monoisotopic (exact) mass is 155 g/mol. The molecule has 0 atom stereocenters. The minimum Gasteiger partial charge on any atom is -0.468 e. The van der Waals surface area contributed by atoms with E-state index in [9.17, 15) is 4.79 Å². The number of hydrogen-bond acceptors (Lipinski definition) is 5. The largest absolute Gasteiger partial charge is 0.468 e. The minimum absolute atomic E-state index is 0.538. The fraction of sp³-hybridized carbons (Fsp3) is 0.667. The molecular formula is C3H9NO4S. The highest BCUT2D eigenvalue weighted by molar-refractivity contribution is 8.22. The summed E-state index contributed by atoms with van der Waals surface area (Å²) in [7, 11) is -2.06. The summed E-state index contributed by atoms with van der Waals surface area (Å²) in [5.74, 6) is -1.26. The van der Waals surface area contributed by atoms with Gasteiger partial charge in [0.25, 0.3) is 0 Å². The Hall–Kier alpha value is -0.300. The van der Waals surface area contributed by atoms with Crippen molar-refractivity contribution in [3.05, 3.63) is 0 Å². The van der Waals surface area contributed by atoms with Crippen molar-refractivity contribution in [1.82, 2.24) is 0 Å². The number of hydrogen-bond donors (Lipinski definition) is 3. The molecule has 0 saturated heterocycles. The van der Waals surface area contributed by atoms with E-state index in [0.29, 0.717) is 0 Å². The van der Waals surface area contributed by atoms with Gasteiger partial charge in [0.15, 0.2) is 0 Å². The van der Waals surface area contributed by atoms with Crippen molar-refractivity contribution in [2.24, 2.45) is 5.14 Å². The highest BCUT2D eigenvalue weighted by atomic mass is 32.3. The van der Waals surface area contributed by atoms with Gasteiger partial charge in [-0.1, -0.05) is 0 Å². The molecule has 0 aromatic rings. The maximum atomic E-state index is 10.2. The molecule has 0 spiro atoms. The molecule has 0 aliphatic heterocycles. The van der Waals surface area contributed by atoms with Gasteiger partial charge in [-0.15, -0.1) is 10.8 Å². The van der Waals surface area contributed by atoms with Crippen molar-refractivity contribution in [3.8, 4) is 0 Å². The van der Waals surface area contributed by atoms with Crippen LogP contribution in [0.1, 0.15) is 0 Å². The molecule has 0 aliphatic rings. The van der Waals surface area contributed by atoms with E-state index in [0.717, 1.165) is 7.11 Å². The first-order valence-corrected chi connectivity index (χ1v) is 3.84. The van der Waals surface area contributed by atoms with Gasteiger partial charge in [-0.2, -0.15) is 0 Å². The lowest BCUT2D eigenvalue weighted by Gasteiger charge is -2.23. The maximum absolute atomic E-state index is 10.2. The summed E-state index contributed by atoms with van der Waals surface area (Å²) >= 11 is 0. The average Bonchev–Trinajstić information content (AvgIpc) is 1.62. The van der Waals surface area contributed by atoms with Crippen molar-refractivity contribution in [3.63, 3.8) is 0 Å². The zero-order valence-corrected chi connectivity index (χ0v) is 5.72. The van der Waals surface area contributed by atoms with Gasteiger partial charge >= 0.3 is 5.97 Å². The normalized spacial score (nSPS) is 12.9. The fourth-order valence-electron chi connectivity index (χ4n) is 0.232. The first-order valence-electron chi connectivity index (χ1n) is 2.06. The van der Waals surface area contributed by atoms with Gasteiger partial charge in [-0.05, 0) is 0 Å². The number of ether oxygens (including phenoxy) is 1. The molecule has 4 N–H and O–H groups in total. The van der Waals surface area contributed by atoms with E-state index in [2.05, 4.69) is 4.74 Å². The Kier molecular flexibility index (Phi) is 2.92. The number of methoxy groups -OCH3 is 1. The summed E-state index contributed by atoms with van der Waals surface area (Å²) in [5.41, 5.74) is 0. The zero-order valence-electron chi connectivity index (χ0n) is 4.90. The fourth-order valence-corrected chi connectivity index (χ4v) is 0.697. The predicted molar refractivity (Wildman–Crippen MR) is 33.9 cm³/mol. The Labute approximate surface area is 54.3 Å². The van der Waals surface area contributed by atoms with Crippen LogP contribution in [-0.4, -0.2) is 27.9 Å². The molecule has 5 nitrogen and oxygen atoms in total. The molecule has 0 aromatic heterocycles. The third kappa shape index (κ3) is 5.57. The quantitative estimate of drug-likeness (QED) is 0.479. The van der Waals surface area contributed by atoms with Crippen LogP contribution < -0.4 is 5.14 Å². The van der Waals surface area contributed by atoms with Crippen LogP contribution in [0.5, 0.6) is 0 Å². The van der Waals surface area contributed by atoms with E-state index in [1.807, 2.05) is 0 Å². The maximum Gasteiger partial charge on any atom is 0.326 e. The van der Waals surface area contributed by atoms with E-state index in [1.54, 1.807) is 0 Å². The Balaban J connectivity index is 3.60. The van der Waals surface area contributed by atoms with Gasteiger partial charge in [0, 0.05) is 0 Å². The summed E-state index contributed by atoms with van der Waals surface area (Å²) in [5, 5.41) is 4.71. The van der Waals surface area contributed by atoms with Crippen LogP contribution in [0.25, 0.3) is 0 Å². The van der Waals surface area contributed by atoms with E-state index in [1.165, 1.54) is 0 Å². The van der Waals surface area contributed by atoms with Crippen LogP contribution in [0.2, 0.25) is 0 Å². The first kappa shape index (κ1) is 8.70. The third-order valence-electron chi connectivity index (χ3n) is 0.558. The highest BCUT2D eigenvalue weighted by Crippen LogP contribution is 2.26. The first-order chi connectivity index (χ1) is 3.95. The van der Waals surface area contributed by atoms with Crippen LogP contribution in [0.15, 0.2) is 0 Å². The molecule has 0 radical (unpaired) electrons. The molecule has 56 valence electrons. The SMILES string of the molecule is COC(=O)CS(N)(O)O. The number of carbonyl (C=O) groups is 1. The number of carbonyl (C=O) groups excluding carboxylic acids is 1. The van der Waals surface area contributed by atoms with Crippen LogP contribution in [0.3, 0.4) is 0 Å². The standard InChI is InChI=1S/C3H9NO4S/c1-8-3(5)2-9(4,6)7/h6-7H,2,4H2,1H3. The number of nitrogens with two attached hydrogens (primary N) is 1. The van der Waals surface area contributed by atoms with Crippen molar-refractivity contribution in [2.45, 2.75) is 0 Å². The molecule has 6 heteroatoms. The van der Waals surface area contributed by atoms with E-state index >= 15 is 0 Å². The van der Waals surface area contributed by atoms with Crippen LogP contribution in [0.4, 0.5) is 0 Å². The second-order valence-electron chi connectivity index (χ2n) is 1.44. The van der Waals surface area contributed by atoms with E-state index in [-0.39, 0.29) is 0 Å². The van der Waals surface area contributed by atoms with Crippen LogP contribution >= 0.6 is 10.8 Å². The number of rotatable bonds is 2. The predicted octanol–water partition coefficient (Wildman–Crippen LogP) is -0.216. The molecule has 0 unspecified atom stereocenters. The molecule has 0 rings (SSSR count). The van der Waals surface area contributed by atoms with Crippen molar-refractivity contribution in [1.29, 1.82) is 0 Å². The molecule has 0 heterocycles. The van der Waals surface area contributed by atoms with Crippen molar-refractivity contribution in [2.75, 3.05) is 12.9 Å². The lowest BCUT2D eigenvalue weighted by Crippen LogP contribution is -2.20. The van der Waals surface area contributed by atoms with Gasteiger partial charge in [-0.3, -0.25) is 13.9 Å². The highest BCUT2D eigenvalue weighted by Gasteiger charge is 2.11. The summed E-state index contributed by atoms with van der Waals surface area (Å²) in [6, 6.07) is 0. The second-order valence-corrected chi connectivity index (χ2v) is 3.16. The summed E-state index contributed by atoms with van der Waals surface area (Å²) < 4.78 is 21.0. The lowest BCUT2D eigenvalue weighted by atomic mass is 10.8. The van der Waals surface area contributed by atoms with E-state index in [4.69, 9.17) is 14.2 Å². The average molecular weight is 155 g/mol. The van der Waals surface area contributed by atoms with Crippen molar-refractivity contribution >= 4 is 16.7 Å². The molecule has 0 aromatic carbocycles. The Morgan fingerprint density at radius 3 is 2.33 bits per heavy atom. The lowest BCUT2D eigenvalue weighted by molar-refractivity contribution is -0.137. The summed E-state index contributed by atoms with van der Waals surface area (Å²) in [6.45, 7) is 0. The molecule has 9 heavy (non-hydrogen) atoms. The summed E-state index contributed by atoms with van der Waals surface area (Å²) in [6.07, 6.45) is 0. The Morgan fingerprint density at radius 1 is 1.78 bits per heavy atom. The van der Waals surface area contributed by atoms with Gasteiger partial charge in [0.05, 0.1) is 7.11 Å². The second kappa shape index (κ2) is 3.02. The molecule has 0 saturated carbocycles. The molecule has 0 fully saturated rings. The van der Waals surface area contributed by atoms with Gasteiger partial charge in [0.2, 0.25) is 0 Å². The van der Waals surface area contributed by atoms with E-state index < -0.39 is 22.5 Å². The van der Waals surface area contributed by atoms with Gasteiger partial charge in [0.1, 0.15) is 5.75 Å². The van der Waals surface area contributed by atoms with Crippen LogP contribution in [-0.2, 0) is 9.53 Å². The molecule has 0 bridgehead atoms. The van der Waals surface area contributed by atoms with Gasteiger partial charge < -0.3 is 4.74 Å². The number of esters is 1. The molecule has 0 aliphatic carbocycles.